The van der Waals surface area contributed by atoms with Crippen LogP contribution in [0.2, 0.25) is 5.02 Å². The van der Waals surface area contributed by atoms with E-state index in [1.165, 1.54) is 36.9 Å². The standard InChI is InChI=1S/C22H11ClF3N9O/c23-16-8-12(10-29-20(16)35-30-6-7-31-35)32-21(36)15-11-34(33-19(15)22(24,25)26)18-3-1-2-13-14(18)4-5-28-17(13)9-27/h1-8,10-11H,(H,32,36). The van der Waals surface area contributed by atoms with Gasteiger partial charge in [-0.25, -0.2) is 14.6 Å². The molecule has 0 spiro atoms. The molecule has 0 aliphatic rings. The summed E-state index contributed by atoms with van der Waals surface area (Å²) in [7, 11) is 0. The molecule has 0 atom stereocenters. The van der Waals surface area contributed by atoms with E-state index in [4.69, 9.17) is 11.6 Å². The third-order valence-corrected chi connectivity index (χ3v) is 5.33. The molecule has 0 fully saturated rings. The zero-order chi connectivity index (χ0) is 25.4. The first-order valence-corrected chi connectivity index (χ1v) is 10.4. The Balaban J connectivity index is 1.54. The molecule has 0 saturated heterocycles. The fourth-order valence-corrected chi connectivity index (χ4v) is 3.76. The minimum Gasteiger partial charge on any atom is -0.320 e. The predicted molar refractivity (Wildman–Crippen MR) is 121 cm³/mol. The van der Waals surface area contributed by atoms with Crippen molar-refractivity contribution in [2.75, 3.05) is 5.32 Å². The summed E-state index contributed by atoms with van der Waals surface area (Å²) in [5.41, 5.74) is -1.71. The molecule has 0 unspecified atom stereocenters. The lowest BCUT2D eigenvalue weighted by atomic mass is 10.1. The zero-order valence-corrected chi connectivity index (χ0v) is 18.5. The number of aromatic nitrogens is 7. The third-order valence-electron chi connectivity index (χ3n) is 5.05. The molecule has 0 aliphatic heterocycles. The fraction of sp³-hybridized carbons (Fsp3) is 0.0455. The molecule has 1 N–H and O–H groups in total. The molecule has 0 aliphatic carbocycles. The molecule has 4 aromatic heterocycles. The fourth-order valence-electron chi connectivity index (χ4n) is 3.52. The van der Waals surface area contributed by atoms with E-state index in [0.29, 0.717) is 10.8 Å². The largest absolute Gasteiger partial charge is 0.435 e. The number of hydrogen-bond donors (Lipinski definition) is 1. The van der Waals surface area contributed by atoms with Crippen LogP contribution in [0, 0.1) is 11.3 Å². The number of nitrogens with one attached hydrogen (secondary N) is 1. The van der Waals surface area contributed by atoms with Gasteiger partial charge in [0.15, 0.2) is 11.5 Å². The second-order valence-electron chi connectivity index (χ2n) is 7.28. The molecular weight excluding hydrogens is 499 g/mol. The van der Waals surface area contributed by atoms with Gasteiger partial charge in [-0.15, -0.1) is 4.80 Å². The SMILES string of the molecule is N#Cc1nccc2c(-n3cc(C(=O)Nc4cnc(-n5nccn5)c(Cl)c4)c(C(F)(F)F)n3)cccc12. The number of carbonyl (C=O) groups excluding carboxylic acids is 1. The Morgan fingerprint density at radius 1 is 1.08 bits per heavy atom. The second-order valence-corrected chi connectivity index (χ2v) is 7.69. The average Bonchev–Trinajstić information content (AvgIpc) is 3.54. The predicted octanol–water partition coefficient (Wildman–Crippen LogP) is 4.19. The van der Waals surface area contributed by atoms with E-state index in [1.54, 1.807) is 18.2 Å². The van der Waals surface area contributed by atoms with Crippen molar-refractivity contribution in [1.82, 2.24) is 34.7 Å². The zero-order valence-electron chi connectivity index (χ0n) is 17.8. The summed E-state index contributed by atoms with van der Waals surface area (Å²) in [4.78, 5) is 22.1. The van der Waals surface area contributed by atoms with E-state index in [1.807, 2.05) is 6.07 Å². The summed E-state index contributed by atoms with van der Waals surface area (Å²) in [5.74, 6) is -0.901. The van der Waals surface area contributed by atoms with Gasteiger partial charge in [-0.05, 0) is 18.2 Å². The Morgan fingerprint density at radius 3 is 2.56 bits per heavy atom. The Kier molecular flexibility index (Phi) is 5.57. The highest BCUT2D eigenvalue weighted by Gasteiger charge is 2.39. The lowest BCUT2D eigenvalue weighted by Crippen LogP contribution is -2.18. The number of carbonyl (C=O) groups is 1. The van der Waals surface area contributed by atoms with Crippen LogP contribution in [-0.2, 0) is 6.18 Å². The van der Waals surface area contributed by atoms with Gasteiger partial charge < -0.3 is 5.32 Å². The van der Waals surface area contributed by atoms with Crippen molar-refractivity contribution < 1.29 is 18.0 Å². The topological polar surface area (TPSA) is 127 Å². The van der Waals surface area contributed by atoms with Crippen LogP contribution in [0.25, 0.3) is 22.3 Å². The molecule has 14 heteroatoms. The highest BCUT2D eigenvalue weighted by atomic mass is 35.5. The highest BCUT2D eigenvalue weighted by molar-refractivity contribution is 6.32. The van der Waals surface area contributed by atoms with Gasteiger partial charge in [-0.2, -0.15) is 33.7 Å². The van der Waals surface area contributed by atoms with Gasteiger partial charge in [0.1, 0.15) is 11.8 Å². The molecular formula is C22H11ClF3N9O. The van der Waals surface area contributed by atoms with E-state index < -0.39 is 23.3 Å². The first-order valence-electron chi connectivity index (χ1n) is 10.0. The van der Waals surface area contributed by atoms with Crippen molar-refractivity contribution in [2.24, 2.45) is 0 Å². The number of hydrogen-bond acceptors (Lipinski definition) is 7. The summed E-state index contributed by atoms with van der Waals surface area (Å²) in [6.45, 7) is 0. The Bertz CT molecular complexity index is 1660. The van der Waals surface area contributed by atoms with Crippen molar-refractivity contribution in [2.45, 2.75) is 6.18 Å². The molecule has 0 saturated carbocycles. The summed E-state index contributed by atoms with van der Waals surface area (Å²) >= 11 is 6.18. The Labute approximate surface area is 204 Å². The van der Waals surface area contributed by atoms with Gasteiger partial charge in [-0.1, -0.05) is 23.7 Å². The van der Waals surface area contributed by atoms with Crippen molar-refractivity contribution >= 4 is 34.0 Å². The number of nitrogens with zero attached hydrogens (tertiary/aromatic N) is 8. The van der Waals surface area contributed by atoms with Gasteiger partial charge in [0.2, 0.25) is 0 Å². The molecule has 5 aromatic rings. The van der Waals surface area contributed by atoms with Gasteiger partial charge in [0.25, 0.3) is 5.91 Å². The van der Waals surface area contributed by atoms with E-state index in [9.17, 15) is 23.2 Å². The van der Waals surface area contributed by atoms with Crippen molar-refractivity contribution in [3.05, 3.63) is 83.3 Å². The van der Waals surface area contributed by atoms with E-state index >= 15 is 0 Å². The molecule has 0 bridgehead atoms. The van der Waals surface area contributed by atoms with E-state index in [-0.39, 0.29) is 27.9 Å². The second kappa shape index (κ2) is 8.75. The Morgan fingerprint density at radius 2 is 1.86 bits per heavy atom. The molecule has 0 radical (unpaired) electrons. The van der Waals surface area contributed by atoms with Gasteiger partial charge >= 0.3 is 6.18 Å². The number of alkyl halides is 3. The Hall–Kier alpha value is -4.83. The van der Waals surface area contributed by atoms with Crippen LogP contribution in [0.5, 0.6) is 0 Å². The normalized spacial score (nSPS) is 11.4. The number of nitriles is 1. The van der Waals surface area contributed by atoms with Crippen LogP contribution < -0.4 is 5.32 Å². The third kappa shape index (κ3) is 4.10. The maximum atomic E-state index is 13.8. The molecule has 178 valence electrons. The van der Waals surface area contributed by atoms with Crippen molar-refractivity contribution in [1.29, 1.82) is 5.26 Å². The summed E-state index contributed by atoms with van der Waals surface area (Å²) < 4.78 is 42.4. The van der Waals surface area contributed by atoms with E-state index in [2.05, 4.69) is 30.6 Å². The lowest BCUT2D eigenvalue weighted by molar-refractivity contribution is -0.141. The number of pyridine rings is 2. The van der Waals surface area contributed by atoms with Crippen LogP contribution in [0.4, 0.5) is 18.9 Å². The van der Waals surface area contributed by atoms with Crippen LogP contribution in [0.1, 0.15) is 21.7 Å². The van der Waals surface area contributed by atoms with Gasteiger partial charge in [-0.3, -0.25) is 4.79 Å². The molecule has 4 heterocycles. The number of fused-ring (bicyclic) bond motifs is 1. The van der Waals surface area contributed by atoms with Gasteiger partial charge in [0, 0.05) is 23.2 Å². The smallest absolute Gasteiger partial charge is 0.320 e. The molecule has 5 rings (SSSR count). The van der Waals surface area contributed by atoms with Gasteiger partial charge in [0.05, 0.1) is 40.6 Å². The molecule has 1 amide bonds. The number of amides is 1. The van der Waals surface area contributed by atoms with Crippen molar-refractivity contribution in [3.8, 4) is 17.6 Å². The minimum atomic E-state index is -4.92. The number of anilines is 1. The van der Waals surface area contributed by atoms with Crippen LogP contribution in [0.3, 0.4) is 0 Å². The first kappa shape index (κ1) is 22.9. The molecule has 36 heavy (non-hydrogen) atoms. The maximum absolute atomic E-state index is 13.8. The van der Waals surface area contributed by atoms with Crippen molar-refractivity contribution in [3.63, 3.8) is 0 Å². The van der Waals surface area contributed by atoms with Crippen LogP contribution >= 0.6 is 11.6 Å². The van der Waals surface area contributed by atoms with Crippen LogP contribution in [-0.4, -0.2) is 40.6 Å². The number of benzene rings is 1. The number of rotatable bonds is 4. The maximum Gasteiger partial charge on any atom is 0.435 e. The molecule has 1 aromatic carbocycles. The molecule has 10 nitrogen and oxygen atoms in total. The minimum absolute atomic E-state index is 0.0525. The summed E-state index contributed by atoms with van der Waals surface area (Å²) in [6.07, 6.45) is 1.45. The number of halogens is 4. The quantitative estimate of drug-likeness (QED) is 0.384. The summed E-state index contributed by atoms with van der Waals surface area (Å²) in [6, 6.07) is 9.48. The monoisotopic (exact) mass is 509 g/mol. The van der Waals surface area contributed by atoms with E-state index in [0.717, 1.165) is 15.7 Å². The lowest BCUT2D eigenvalue weighted by Gasteiger charge is -2.08. The average molecular weight is 510 g/mol. The first-order chi connectivity index (χ1) is 17.3. The summed E-state index contributed by atoms with van der Waals surface area (Å²) in [5, 5.41) is 24.0. The highest BCUT2D eigenvalue weighted by Crippen LogP contribution is 2.33. The van der Waals surface area contributed by atoms with Crippen LogP contribution in [0.15, 0.2) is 61.3 Å².